The van der Waals surface area contributed by atoms with Crippen LogP contribution in [0.4, 0.5) is 17.3 Å². The quantitative estimate of drug-likeness (QED) is 0.620. The summed E-state index contributed by atoms with van der Waals surface area (Å²) < 4.78 is 0.242. The second-order valence-electron chi connectivity index (χ2n) is 5.05. The summed E-state index contributed by atoms with van der Waals surface area (Å²) >= 11 is 1.88. The van der Waals surface area contributed by atoms with Crippen molar-refractivity contribution in [3.05, 3.63) is 22.2 Å². The van der Waals surface area contributed by atoms with Gasteiger partial charge >= 0.3 is 0 Å². The van der Waals surface area contributed by atoms with Crippen LogP contribution in [0.2, 0.25) is 0 Å². The van der Waals surface area contributed by atoms with Crippen molar-refractivity contribution in [3.63, 3.8) is 0 Å². The third kappa shape index (κ3) is 3.33. The first-order valence-corrected chi connectivity index (χ1v) is 7.94. The molecule has 1 aromatic rings. The van der Waals surface area contributed by atoms with Crippen LogP contribution in [0.3, 0.4) is 0 Å². The Kier molecular flexibility index (Phi) is 4.69. The SMILES string of the molecule is CNc1cc([N+](=O)[O-])cc(NCC2(SC)CCCC2)n1. The molecule has 1 fully saturated rings. The molecule has 1 aliphatic carbocycles. The van der Waals surface area contributed by atoms with Gasteiger partial charge in [0, 0.05) is 18.3 Å². The molecule has 2 N–H and O–H groups in total. The van der Waals surface area contributed by atoms with Crippen LogP contribution in [-0.4, -0.2) is 34.5 Å². The molecular formula is C13H20N4O2S. The molecular weight excluding hydrogens is 276 g/mol. The van der Waals surface area contributed by atoms with Crippen LogP contribution >= 0.6 is 11.8 Å². The molecule has 6 nitrogen and oxygen atoms in total. The molecule has 0 atom stereocenters. The Bertz CT molecular complexity index is 489. The predicted octanol–water partition coefficient (Wildman–Crippen LogP) is 3.12. The number of pyridine rings is 1. The lowest BCUT2D eigenvalue weighted by Crippen LogP contribution is -2.30. The summed E-state index contributed by atoms with van der Waals surface area (Å²) in [6, 6.07) is 2.93. The zero-order valence-corrected chi connectivity index (χ0v) is 12.6. The van der Waals surface area contributed by atoms with E-state index >= 15 is 0 Å². The molecule has 1 aliphatic rings. The number of nitrogens with one attached hydrogen (secondary N) is 2. The topological polar surface area (TPSA) is 80.1 Å². The van der Waals surface area contributed by atoms with E-state index in [0.29, 0.717) is 11.6 Å². The van der Waals surface area contributed by atoms with Crippen LogP contribution in [-0.2, 0) is 0 Å². The Labute approximate surface area is 122 Å². The van der Waals surface area contributed by atoms with E-state index in [-0.39, 0.29) is 10.4 Å². The molecule has 1 saturated carbocycles. The smallest absolute Gasteiger partial charge is 0.276 e. The van der Waals surface area contributed by atoms with Gasteiger partial charge in [-0.15, -0.1) is 0 Å². The van der Waals surface area contributed by atoms with Crippen molar-refractivity contribution in [2.24, 2.45) is 0 Å². The number of hydrogen-bond donors (Lipinski definition) is 2. The fourth-order valence-corrected chi connectivity index (χ4v) is 3.48. The average Bonchev–Trinajstić information content (AvgIpc) is 2.94. The van der Waals surface area contributed by atoms with Gasteiger partial charge in [-0.1, -0.05) is 12.8 Å². The summed E-state index contributed by atoms with van der Waals surface area (Å²) in [5, 5.41) is 17.0. The van der Waals surface area contributed by atoms with Crippen molar-refractivity contribution >= 4 is 29.1 Å². The second kappa shape index (κ2) is 6.30. The number of nitrogens with zero attached hydrogens (tertiary/aromatic N) is 2. The molecule has 0 saturated heterocycles. The van der Waals surface area contributed by atoms with Crippen LogP contribution in [0.15, 0.2) is 12.1 Å². The summed E-state index contributed by atoms with van der Waals surface area (Å²) in [6.45, 7) is 0.797. The van der Waals surface area contributed by atoms with Crippen LogP contribution < -0.4 is 10.6 Å². The summed E-state index contributed by atoms with van der Waals surface area (Å²) in [6.07, 6.45) is 7.02. The van der Waals surface area contributed by atoms with E-state index in [9.17, 15) is 10.1 Å². The van der Waals surface area contributed by atoms with E-state index in [1.54, 1.807) is 7.05 Å². The van der Waals surface area contributed by atoms with Gasteiger partial charge in [0.2, 0.25) is 0 Å². The van der Waals surface area contributed by atoms with Crippen molar-refractivity contribution < 1.29 is 4.92 Å². The van der Waals surface area contributed by atoms with Gasteiger partial charge in [-0.2, -0.15) is 11.8 Å². The van der Waals surface area contributed by atoms with Crippen LogP contribution in [0.5, 0.6) is 0 Å². The van der Waals surface area contributed by atoms with E-state index in [4.69, 9.17) is 0 Å². The molecule has 0 bridgehead atoms. The third-order valence-corrected chi connectivity index (χ3v) is 5.24. The maximum Gasteiger partial charge on any atom is 0.276 e. The highest BCUT2D eigenvalue weighted by atomic mass is 32.2. The lowest BCUT2D eigenvalue weighted by atomic mass is 10.1. The zero-order valence-electron chi connectivity index (χ0n) is 11.8. The minimum Gasteiger partial charge on any atom is -0.373 e. The average molecular weight is 296 g/mol. The highest BCUT2D eigenvalue weighted by Crippen LogP contribution is 2.40. The maximum absolute atomic E-state index is 10.9. The maximum atomic E-state index is 10.9. The summed E-state index contributed by atoms with van der Waals surface area (Å²) in [7, 11) is 1.70. The van der Waals surface area contributed by atoms with E-state index in [2.05, 4.69) is 21.9 Å². The van der Waals surface area contributed by atoms with Gasteiger partial charge in [-0.3, -0.25) is 10.1 Å². The molecule has 0 aromatic carbocycles. The molecule has 0 spiro atoms. The first-order valence-electron chi connectivity index (χ1n) is 6.72. The van der Waals surface area contributed by atoms with E-state index < -0.39 is 4.92 Å². The second-order valence-corrected chi connectivity index (χ2v) is 6.33. The van der Waals surface area contributed by atoms with E-state index in [0.717, 1.165) is 6.54 Å². The Hall–Kier alpha value is -1.50. The van der Waals surface area contributed by atoms with Gasteiger partial charge in [0.1, 0.15) is 11.6 Å². The molecule has 1 aromatic heterocycles. The van der Waals surface area contributed by atoms with Gasteiger partial charge in [-0.05, 0) is 19.1 Å². The fraction of sp³-hybridized carbons (Fsp3) is 0.615. The fourth-order valence-electron chi connectivity index (χ4n) is 2.56. The van der Waals surface area contributed by atoms with Crippen molar-refractivity contribution in [1.29, 1.82) is 0 Å². The van der Waals surface area contributed by atoms with Crippen molar-refractivity contribution in [2.75, 3.05) is 30.5 Å². The van der Waals surface area contributed by atoms with Crippen molar-refractivity contribution in [2.45, 2.75) is 30.4 Å². The molecule has 1 heterocycles. The van der Waals surface area contributed by atoms with Crippen LogP contribution in [0, 0.1) is 10.1 Å². The standard InChI is InChI=1S/C13H20N4O2S/c1-14-11-7-10(17(18)19)8-12(16-11)15-9-13(20-2)5-3-4-6-13/h7-8H,3-6,9H2,1-2H3,(H2,14,15,16). The number of anilines is 2. The Balaban J connectivity index is 2.12. The summed E-state index contributed by atoms with van der Waals surface area (Å²) in [5.41, 5.74) is 0.0523. The zero-order chi connectivity index (χ0) is 14.6. The monoisotopic (exact) mass is 296 g/mol. The Morgan fingerprint density at radius 2 is 2.05 bits per heavy atom. The molecule has 7 heteroatoms. The van der Waals surface area contributed by atoms with Gasteiger partial charge < -0.3 is 10.6 Å². The minimum absolute atomic E-state index is 0.0523. The number of aromatic nitrogens is 1. The Morgan fingerprint density at radius 3 is 2.60 bits per heavy atom. The number of rotatable bonds is 6. The van der Waals surface area contributed by atoms with Crippen molar-refractivity contribution in [1.82, 2.24) is 4.98 Å². The number of nitro groups is 1. The van der Waals surface area contributed by atoms with Gasteiger partial charge in [0.05, 0.1) is 17.1 Å². The normalized spacial score (nSPS) is 16.9. The van der Waals surface area contributed by atoms with Crippen molar-refractivity contribution in [3.8, 4) is 0 Å². The van der Waals surface area contributed by atoms with E-state index in [1.807, 2.05) is 11.8 Å². The van der Waals surface area contributed by atoms with Gasteiger partial charge in [0.15, 0.2) is 0 Å². The largest absolute Gasteiger partial charge is 0.373 e. The lowest BCUT2D eigenvalue weighted by Gasteiger charge is -2.27. The highest BCUT2D eigenvalue weighted by molar-refractivity contribution is 8.00. The summed E-state index contributed by atoms with van der Waals surface area (Å²) in [4.78, 5) is 14.8. The molecule has 20 heavy (non-hydrogen) atoms. The van der Waals surface area contributed by atoms with Crippen LogP contribution in [0.25, 0.3) is 0 Å². The lowest BCUT2D eigenvalue weighted by molar-refractivity contribution is -0.384. The molecule has 0 amide bonds. The number of thioether (sulfide) groups is 1. The van der Waals surface area contributed by atoms with Crippen LogP contribution in [0.1, 0.15) is 25.7 Å². The highest BCUT2D eigenvalue weighted by Gasteiger charge is 2.32. The number of hydrogen-bond acceptors (Lipinski definition) is 6. The van der Waals surface area contributed by atoms with E-state index in [1.165, 1.54) is 37.8 Å². The third-order valence-electron chi connectivity index (χ3n) is 3.82. The summed E-state index contributed by atoms with van der Waals surface area (Å²) in [5.74, 6) is 1.06. The molecule has 0 radical (unpaired) electrons. The molecule has 2 rings (SSSR count). The predicted molar refractivity (Wildman–Crippen MR) is 83.6 cm³/mol. The molecule has 0 unspecified atom stereocenters. The molecule has 0 aliphatic heterocycles. The first-order chi connectivity index (χ1) is 9.58. The Morgan fingerprint density at radius 1 is 1.40 bits per heavy atom. The first kappa shape index (κ1) is 14.9. The minimum atomic E-state index is -0.395. The van der Waals surface area contributed by atoms with Gasteiger partial charge in [-0.25, -0.2) is 4.98 Å². The molecule has 110 valence electrons. The van der Waals surface area contributed by atoms with Gasteiger partial charge in [0.25, 0.3) is 5.69 Å².